The number of nitrogen functional groups attached to an aromatic ring is 1. The number of anilines is 1. The highest BCUT2D eigenvalue weighted by Crippen LogP contribution is 2.38. The first-order valence-corrected chi connectivity index (χ1v) is 5.02. The van der Waals surface area contributed by atoms with E-state index >= 15 is 0 Å². The molecule has 1 aromatic carbocycles. The molecule has 5 nitrogen and oxygen atoms in total. The van der Waals surface area contributed by atoms with Gasteiger partial charge in [-0.2, -0.15) is 13.2 Å². The number of fused-ring (bicyclic) bond motifs is 1. The van der Waals surface area contributed by atoms with E-state index in [-0.39, 0.29) is 15.3 Å². The van der Waals surface area contributed by atoms with Gasteiger partial charge >= 0.3 is 6.18 Å². The molecule has 2 rings (SSSR count). The summed E-state index contributed by atoms with van der Waals surface area (Å²) in [5.41, 5.74) is 3.46. The van der Waals surface area contributed by atoms with Crippen molar-refractivity contribution in [1.29, 1.82) is 0 Å². The SMILES string of the molecule is Nc1nc2cc(C(F)(F)F)cc([N+](=O)[O-])c2s1. The second kappa shape index (κ2) is 3.55. The molecule has 0 saturated carbocycles. The molecule has 90 valence electrons. The van der Waals surface area contributed by atoms with Gasteiger partial charge in [0.05, 0.1) is 16.0 Å². The summed E-state index contributed by atoms with van der Waals surface area (Å²) < 4.78 is 37.5. The fraction of sp³-hybridized carbons (Fsp3) is 0.125. The van der Waals surface area contributed by atoms with E-state index < -0.39 is 22.4 Å². The summed E-state index contributed by atoms with van der Waals surface area (Å²) in [7, 11) is 0. The molecule has 0 unspecified atom stereocenters. The number of aromatic nitrogens is 1. The number of nitrogens with two attached hydrogens (primary N) is 1. The van der Waals surface area contributed by atoms with Crippen molar-refractivity contribution in [3.63, 3.8) is 0 Å². The van der Waals surface area contributed by atoms with Gasteiger partial charge in [0, 0.05) is 6.07 Å². The molecule has 17 heavy (non-hydrogen) atoms. The van der Waals surface area contributed by atoms with Crippen LogP contribution in [-0.2, 0) is 6.18 Å². The minimum Gasteiger partial charge on any atom is -0.375 e. The number of halogens is 3. The summed E-state index contributed by atoms with van der Waals surface area (Å²) in [6.45, 7) is 0. The average molecular weight is 263 g/mol. The van der Waals surface area contributed by atoms with Crippen LogP contribution < -0.4 is 5.73 Å². The molecule has 0 radical (unpaired) electrons. The highest BCUT2D eigenvalue weighted by atomic mass is 32.1. The maximum absolute atomic E-state index is 12.5. The molecule has 2 N–H and O–H groups in total. The second-order valence-corrected chi connectivity index (χ2v) is 4.18. The first kappa shape index (κ1) is 11.6. The third kappa shape index (κ3) is 2.00. The van der Waals surface area contributed by atoms with E-state index in [1.54, 1.807) is 0 Å². The van der Waals surface area contributed by atoms with Crippen LogP contribution in [0.2, 0.25) is 0 Å². The molecule has 0 spiro atoms. The standard InChI is InChI=1S/C8H4F3N3O2S/c9-8(10,11)3-1-4-6(17-7(12)13-4)5(2-3)14(15)16/h1-2H,(H2,12,13). The van der Waals surface area contributed by atoms with Gasteiger partial charge in [0.1, 0.15) is 4.70 Å². The number of thiazole rings is 1. The number of nitro groups is 1. The van der Waals surface area contributed by atoms with Crippen LogP contribution in [-0.4, -0.2) is 9.91 Å². The molecule has 1 aromatic heterocycles. The Hall–Kier alpha value is -1.90. The maximum Gasteiger partial charge on any atom is 0.416 e. The molecule has 9 heteroatoms. The quantitative estimate of drug-likeness (QED) is 0.633. The minimum absolute atomic E-state index is 0.0116. The van der Waals surface area contributed by atoms with E-state index in [0.29, 0.717) is 6.07 Å². The summed E-state index contributed by atoms with van der Waals surface area (Å²) >= 11 is 0.784. The predicted octanol–water partition coefficient (Wildman–Crippen LogP) is 2.81. The lowest BCUT2D eigenvalue weighted by molar-refractivity contribution is -0.383. The normalized spacial score (nSPS) is 11.9. The van der Waals surface area contributed by atoms with Gasteiger partial charge in [0.2, 0.25) is 0 Å². The Morgan fingerprint density at radius 2 is 2.06 bits per heavy atom. The zero-order chi connectivity index (χ0) is 12.8. The van der Waals surface area contributed by atoms with E-state index in [4.69, 9.17) is 5.73 Å². The average Bonchev–Trinajstić information content (AvgIpc) is 2.54. The van der Waals surface area contributed by atoms with Crippen molar-refractivity contribution in [2.24, 2.45) is 0 Å². The summed E-state index contributed by atoms with van der Waals surface area (Å²) in [5, 5.41) is 10.7. The number of rotatable bonds is 1. The summed E-state index contributed by atoms with van der Waals surface area (Å²) in [6.07, 6.45) is -4.66. The summed E-state index contributed by atoms with van der Waals surface area (Å²) in [5.74, 6) is 0. The molecule has 0 atom stereocenters. The van der Waals surface area contributed by atoms with Crippen molar-refractivity contribution in [2.45, 2.75) is 6.18 Å². The van der Waals surface area contributed by atoms with E-state index in [1.165, 1.54) is 0 Å². The van der Waals surface area contributed by atoms with Crippen LogP contribution in [0.3, 0.4) is 0 Å². The van der Waals surface area contributed by atoms with Gasteiger partial charge in [-0.05, 0) is 6.07 Å². The zero-order valence-corrected chi connectivity index (χ0v) is 8.80. The molecule has 0 amide bonds. The van der Waals surface area contributed by atoms with Gasteiger partial charge in [-0.25, -0.2) is 4.98 Å². The zero-order valence-electron chi connectivity index (χ0n) is 7.99. The maximum atomic E-state index is 12.5. The highest BCUT2D eigenvalue weighted by Gasteiger charge is 2.34. The van der Waals surface area contributed by atoms with Gasteiger partial charge in [0.15, 0.2) is 5.13 Å². The molecular formula is C8H4F3N3O2S. The van der Waals surface area contributed by atoms with Crippen molar-refractivity contribution in [1.82, 2.24) is 4.98 Å². The number of nitro benzene ring substituents is 1. The molecule has 0 bridgehead atoms. The third-order valence-corrected chi connectivity index (χ3v) is 2.93. The Kier molecular flexibility index (Phi) is 2.42. The predicted molar refractivity (Wildman–Crippen MR) is 55.7 cm³/mol. The van der Waals surface area contributed by atoms with Crippen LogP contribution in [0.25, 0.3) is 10.2 Å². The van der Waals surface area contributed by atoms with Gasteiger partial charge in [-0.15, -0.1) is 0 Å². The third-order valence-electron chi connectivity index (χ3n) is 2.01. The van der Waals surface area contributed by atoms with Gasteiger partial charge in [0.25, 0.3) is 5.69 Å². The van der Waals surface area contributed by atoms with Crippen molar-refractivity contribution < 1.29 is 18.1 Å². The van der Waals surface area contributed by atoms with Crippen molar-refractivity contribution >= 4 is 32.4 Å². The van der Waals surface area contributed by atoms with Gasteiger partial charge < -0.3 is 5.73 Å². The van der Waals surface area contributed by atoms with Crippen LogP contribution in [0.5, 0.6) is 0 Å². The molecule has 0 aliphatic heterocycles. The van der Waals surface area contributed by atoms with Crippen molar-refractivity contribution in [3.05, 3.63) is 27.8 Å². The molecule has 1 heterocycles. The minimum atomic E-state index is -4.66. The number of nitrogens with zero attached hydrogens (tertiary/aromatic N) is 2. The number of benzene rings is 1. The lowest BCUT2D eigenvalue weighted by Crippen LogP contribution is -2.05. The Bertz CT molecular complexity index is 608. The molecule has 2 aromatic rings. The van der Waals surface area contributed by atoms with Gasteiger partial charge in [-0.1, -0.05) is 11.3 Å². The number of hydrogen-bond acceptors (Lipinski definition) is 5. The van der Waals surface area contributed by atoms with Crippen LogP contribution >= 0.6 is 11.3 Å². The molecule has 0 aliphatic carbocycles. The van der Waals surface area contributed by atoms with E-state index in [1.807, 2.05) is 0 Å². The number of alkyl halides is 3. The molecule has 0 aliphatic rings. The van der Waals surface area contributed by atoms with E-state index in [9.17, 15) is 23.3 Å². The molecular weight excluding hydrogens is 259 g/mol. The first-order chi connectivity index (χ1) is 7.79. The Morgan fingerprint density at radius 3 is 2.59 bits per heavy atom. The number of non-ortho nitro benzene ring substituents is 1. The lowest BCUT2D eigenvalue weighted by Gasteiger charge is -2.05. The van der Waals surface area contributed by atoms with E-state index in [0.717, 1.165) is 17.4 Å². The van der Waals surface area contributed by atoms with Crippen LogP contribution in [0.15, 0.2) is 12.1 Å². The van der Waals surface area contributed by atoms with Gasteiger partial charge in [-0.3, -0.25) is 10.1 Å². The Labute approximate surface area is 95.8 Å². The number of hydrogen-bond donors (Lipinski definition) is 1. The van der Waals surface area contributed by atoms with E-state index in [2.05, 4.69) is 4.98 Å². The highest BCUT2D eigenvalue weighted by molar-refractivity contribution is 7.22. The summed E-state index contributed by atoms with van der Waals surface area (Å²) in [6, 6.07) is 1.23. The topological polar surface area (TPSA) is 82.0 Å². The van der Waals surface area contributed by atoms with Crippen LogP contribution in [0.1, 0.15) is 5.56 Å². The second-order valence-electron chi connectivity index (χ2n) is 3.15. The molecule has 0 saturated heterocycles. The van der Waals surface area contributed by atoms with Crippen molar-refractivity contribution in [2.75, 3.05) is 5.73 Å². The fourth-order valence-corrected chi connectivity index (χ4v) is 2.13. The first-order valence-electron chi connectivity index (χ1n) is 4.20. The Morgan fingerprint density at radius 1 is 1.41 bits per heavy atom. The van der Waals surface area contributed by atoms with Crippen LogP contribution in [0.4, 0.5) is 24.0 Å². The summed E-state index contributed by atoms with van der Waals surface area (Å²) in [4.78, 5) is 13.4. The Balaban J connectivity index is 2.80. The van der Waals surface area contributed by atoms with Crippen LogP contribution in [0, 0.1) is 10.1 Å². The fourth-order valence-electron chi connectivity index (χ4n) is 1.33. The largest absolute Gasteiger partial charge is 0.416 e. The smallest absolute Gasteiger partial charge is 0.375 e. The van der Waals surface area contributed by atoms with Crippen molar-refractivity contribution in [3.8, 4) is 0 Å². The monoisotopic (exact) mass is 263 g/mol. The lowest BCUT2D eigenvalue weighted by atomic mass is 10.2. The molecule has 0 fully saturated rings.